The summed E-state index contributed by atoms with van der Waals surface area (Å²) in [6.07, 6.45) is 6.53. The number of hydrogen-bond acceptors (Lipinski definition) is 1. The summed E-state index contributed by atoms with van der Waals surface area (Å²) >= 11 is 0. The van der Waals surface area contributed by atoms with Crippen molar-refractivity contribution in [2.75, 3.05) is 0 Å². The lowest BCUT2D eigenvalue weighted by atomic mass is 9.77. The van der Waals surface area contributed by atoms with Crippen molar-refractivity contribution in [2.24, 2.45) is 5.92 Å². The minimum atomic E-state index is -1.52. The molecule has 0 aromatic heterocycles. The van der Waals surface area contributed by atoms with Crippen LogP contribution >= 0.6 is 0 Å². The molecule has 0 unspecified atom stereocenters. The van der Waals surface area contributed by atoms with Gasteiger partial charge in [0.25, 0.3) is 0 Å². The highest BCUT2D eigenvalue weighted by Crippen LogP contribution is 2.38. The van der Waals surface area contributed by atoms with E-state index in [-0.39, 0.29) is 0 Å². The first-order chi connectivity index (χ1) is 10.0. The Kier molecular flexibility index (Phi) is 5.83. The predicted molar refractivity (Wildman–Crippen MR) is 94.8 cm³/mol. The molecular weight excluding hydrogens is 272 g/mol. The summed E-state index contributed by atoms with van der Waals surface area (Å²) in [5.41, 5.74) is 3.99. The molecule has 1 aliphatic carbocycles. The molecule has 116 valence electrons. The second-order valence-corrected chi connectivity index (χ2v) is 11.3. The maximum Gasteiger partial charge on any atom is 0.187 e. The molecule has 0 N–H and O–H groups in total. The van der Waals surface area contributed by atoms with Crippen molar-refractivity contribution < 1.29 is 4.43 Å². The Morgan fingerprint density at radius 3 is 2.62 bits per heavy atom. The van der Waals surface area contributed by atoms with Crippen molar-refractivity contribution >= 4 is 13.9 Å². The largest absolute Gasteiger partial charge is 0.413 e. The Hall–Kier alpha value is -0.863. The molecule has 0 spiro atoms. The fourth-order valence-electron chi connectivity index (χ4n) is 2.88. The lowest BCUT2D eigenvalue weighted by molar-refractivity contribution is 0.293. The van der Waals surface area contributed by atoms with Crippen LogP contribution in [0.15, 0.2) is 30.8 Å². The van der Waals surface area contributed by atoms with E-state index in [0.717, 1.165) is 6.61 Å². The summed E-state index contributed by atoms with van der Waals surface area (Å²) in [5.74, 6) is 0.705. The Labute approximate surface area is 131 Å². The molecule has 1 saturated carbocycles. The third kappa shape index (κ3) is 4.55. The maximum absolute atomic E-state index is 6.34. The number of unbranched alkanes of at least 4 members (excludes halogenated alkanes) is 1. The van der Waals surface area contributed by atoms with E-state index in [1.54, 1.807) is 0 Å². The molecule has 2 rings (SSSR count). The molecule has 0 heterocycles. The minimum Gasteiger partial charge on any atom is -0.413 e. The Bertz CT molecular complexity index is 474. The topological polar surface area (TPSA) is 9.23 Å². The summed E-state index contributed by atoms with van der Waals surface area (Å²) in [4.78, 5) is 0. The molecule has 0 radical (unpaired) electrons. The van der Waals surface area contributed by atoms with Gasteiger partial charge in [0, 0.05) is 0 Å². The van der Waals surface area contributed by atoms with Crippen molar-refractivity contribution in [3.8, 4) is 0 Å². The second-order valence-electron chi connectivity index (χ2n) is 6.96. The first-order valence-electron chi connectivity index (χ1n) is 8.44. The van der Waals surface area contributed by atoms with Crippen LogP contribution in [0.3, 0.4) is 0 Å². The summed E-state index contributed by atoms with van der Waals surface area (Å²) in [6.45, 7) is 12.0. The molecule has 1 fully saturated rings. The van der Waals surface area contributed by atoms with Gasteiger partial charge in [-0.1, -0.05) is 57.0 Å². The molecule has 2 heteroatoms. The normalized spacial score (nSPS) is 15.8. The Morgan fingerprint density at radius 1 is 1.29 bits per heavy atom. The average molecular weight is 303 g/mol. The van der Waals surface area contributed by atoms with Crippen LogP contribution in [0.25, 0.3) is 5.57 Å². The van der Waals surface area contributed by atoms with Crippen LogP contribution in [-0.4, -0.2) is 8.32 Å². The fourth-order valence-corrected chi connectivity index (χ4v) is 4.78. The zero-order valence-corrected chi connectivity index (χ0v) is 15.0. The van der Waals surface area contributed by atoms with E-state index < -0.39 is 8.32 Å². The monoisotopic (exact) mass is 302 g/mol. The molecule has 1 aromatic carbocycles. The van der Waals surface area contributed by atoms with Gasteiger partial charge in [0.15, 0.2) is 8.32 Å². The SMILES string of the molecule is C=C(c1ccccc1CO[Si](C)(C)CCCC)C1CCC1. The summed E-state index contributed by atoms with van der Waals surface area (Å²) in [6, 6.07) is 9.94. The highest BCUT2D eigenvalue weighted by molar-refractivity contribution is 6.71. The van der Waals surface area contributed by atoms with Crippen LogP contribution in [-0.2, 0) is 11.0 Å². The van der Waals surface area contributed by atoms with Crippen molar-refractivity contribution in [1.82, 2.24) is 0 Å². The third-order valence-electron chi connectivity index (χ3n) is 4.71. The fraction of sp³-hybridized carbons (Fsp3) is 0.579. The lowest BCUT2D eigenvalue weighted by Crippen LogP contribution is -2.30. The van der Waals surface area contributed by atoms with Gasteiger partial charge in [-0.15, -0.1) is 0 Å². The number of hydrogen-bond donors (Lipinski definition) is 0. The van der Waals surface area contributed by atoms with Crippen LogP contribution in [0.1, 0.15) is 50.2 Å². The van der Waals surface area contributed by atoms with Crippen LogP contribution in [0.5, 0.6) is 0 Å². The van der Waals surface area contributed by atoms with Crippen molar-refractivity contribution in [3.05, 3.63) is 42.0 Å². The van der Waals surface area contributed by atoms with Crippen molar-refractivity contribution in [2.45, 2.75) is 64.8 Å². The predicted octanol–water partition coefficient (Wildman–Crippen LogP) is 6.02. The molecule has 1 nitrogen and oxygen atoms in total. The minimum absolute atomic E-state index is 0.705. The van der Waals surface area contributed by atoms with Gasteiger partial charge in [0.2, 0.25) is 0 Å². The molecule has 0 atom stereocenters. The molecule has 0 bridgehead atoms. The molecule has 0 amide bonds. The van der Waals surface area contributed by atoms with Gasteiger partial charge in [-0.2, -0.15) is 0 Å². The van der Waals surface area contributed by atoms with E-state index in [4.69, 9.17) is 4.43 Å². The smallest absolute Gasteiger partial charge is 0.187 e. The van der Waals surface area contributed by atoms with Crippen LogP contribution in [0.2, 0.25) is 19.1 Å². The second kappa shape index (κ2) is 7.41. The molecule has 21 heavy (non-hydrogen) atoms. The zero-order valence-electron chi connectivity index (χ0n) is 14.0. The lowest BCUT2D eigenvalue weighted by Gasteiger charge is -2.29. The number of allylic oxidation sites excluding steroid dienone is 1. The van der Waals surface area contributed by atoms with Crippen molar-refractivity contribution in [1.29, 1.82) is 0 Å². The first kappa shape index (κ1) is 16.5. The van der Waals surface area contributed by atoms with E-state index in [1.165, 1.54) is 54.8 Å². The van der Waals surface area contributed by atoms with E-state index >= 15 is 0 Å². The van der Waals surface area contributed by atoms with Crippen molar-refractivity contribution in [3.63, 3.8) is 0 Å². The van der Waals surface area contributed by atoms with Gasteiger partial charge in [-0.05, 0) is 54.6 Å². The third-order valence-corrected chi connectivity index (χ3v) is 7.20. The maximum atomic E-state index is 6.34. The highest BCUT2D eigenvalue weighted by Gasteiger charge is 2.24. The van der Waals surface area contributed by atoms with Crippen LogP contribution in [0, 0.1) is 5.92 Å². The Balaban J connectivity index is 2.01. The molecular formula is C19H30OSi. The van der Waals surface area contributed by atoms with E-state index in [2.05, 4.69) is 50.9 Å². The van der Waals surface area contributed by atoms with Gasteiger partial charge in [-0.3, -0.25) is 0 Å². The van der Waals surface area contributed by atoms with Gasteiger partial charge in [-0.25, -0.2) is 0 Å². The summed E-state index contributed by atoms with van der Waals surface area (Å²) in [5, 5.41) is 0. The van der Waals surface area contributed by atoms with Crippen LogP contribution in [0.4, 0.5) is 0 Å². The van der Waals surface area contributed by atoms with Gasteiger partial charge in [0.05, 0.1) is 6.61 Å². The highest BCUT2D eigenvalue weighted by atomic mass is 28.4. The standard InChI is InChI=1S/C19H30OSi/c1-5-6-14-21(3,4)20-15-18-10-7-8-13-19(18)16(2)17-11-9-12-17/h7-8,10,13,17H,2,5-6,9,11-12,14-15H2,1,3-4H3. The molecule has 0 saturated heterocycles. The summed E-state index contributed by atoms with van der Waals surface area (Å²) < 4.78 is 6.34. The first-order valence-corrected chi connectivity index (χ1v) is 11.6. The van der Waals surface area contributed by atoms with E-state index in [9.17, 15) is 0 Å². The number of benzene rings is 1. The van der Waals surface area contributed by atoms with E-state index in [1.807, 2.05) is 0 Å². The zero-order chi connectivity index (χ0) is 15.3. The molecule has 1 aliphatic rings. The quantitative estimate of drug-likeness (QED) is 0.533. The molecule has 1 aromatic rings. The van der Waals surface area contributed by atoms with E-state index in [0.29, 0.717) is 5.92 Å². The van der Waals surface area contributed by atoms with Gasteiger partial charge >= 0.3 is 0 Å². The summed E-state index contributed by atoms with van der Waals surface area (Å²) in [7, 11) is -1.52. The number of rotatable bonds is 8. The molecule has 0 aliphatic heterocycles. The van der Waals surface area contributed by atoms with Crippen LogP contribution < -0.4 is 0 Å². The Morgan fingerprint density at radius 2 is 2.00 bits per heavy atom. The average Bonchev–Trinajstić information content (AvgIpc) is 2.41. The van der Waals surface area contributed by atoms with Gasteiger partial charge < -0.3 is 4.43 Å². The van der Waals surface area contributed by atoms with Gasteiger partial charge in [0.1, 0.15) is 0 Å².